The first-order chi connectivity index (χ1) is 7.53. The molecular formula is C10H18N4O2. The van der Waals surface area contributed by atoms with Crippen LogP contribution in [0.4, 0.5) is 11.6 Å². The minimum Gasteiger partial charge on any atom is -0.388 e. The maximum absolute atomic E-state index is 9.95. The van der Waals surface area contributed by atoms with E-state index in [0.717, 1.165) is 0 Å². The van der Waals surface area contributed by atoms with Crippen LogP contribution in [-0.4, -0.2) is 40.9 Å². The first-order valence-electron chi connectivity index (χ1n) is 5.06. The van der Waals surface area contributed by atoms with E-state index in [-0.39, 0.29) is 0 Å². The number of nitrogens with one attached hydrogen (secondary N) is 1. The summed E-state index contributed by atoms with van der Waals surface area (Å²) in [4.78, 5) is 7.91. The first kappa shape index (κ1) is 12.7. The lowest BCUT2D eigenvalue weighted by Gasteiger charge is -2.23. The fourth-order valence-electron chi connectivity index (χ4n) is 1.12. The van der Waals surface area contributed by atoms with E-state index in [1.54, 1.807) is 14.0 Å². The maximum Gasteiger partial charge on any atom is 0.144 e. The molecule has 1 unspecified atom stereocenters. The Morgan fingerprint density at radius 1 is 1.50 bits per heavy atom. The normalized spacial score (nSPS) is 14.4. The van der Waals surface area contributed by atoms with E-state index in [2.05, 4.69) is 15.3 Å². The second-order valence-electron chi connectivity index (χ2n) is 3.92. The van der Waals surface area contributed by atoms with Gasteiger partial charge in [0.15, 0.2) is 0 Å². The van der Waals surface area contributed by atoms with Gasteiger partial charge in [-0.2, -0.15) is 0 Å². The van der Waals surface area contributed by atoms with Crippen molar-refractivity contribution in [3.63, 3.8) is 0 Å². The zero-order chi connectivity index (χ0) is 12.0. The molecule has 0 saturated heterocycles. The van der Waals surface area contributed by atoms with Crippen LogP contribution < -0.4 is 11.1 Å². The van der Waals surface area contributed by atoms with E-state index >= 15 is 0 Å². The van der Waals surface area contributed by atoms with Crippen molar-refractivity contribution in [2.24, 2.45) is 0 Å². The molecule has 0 saturated carbocycles. The summed E-state index contributed by atoms with van der Waals surface area (Å²) in [6, 6.07) is 0. The van der Waals surface area contributed by atoms with Gasteiger partial charge in [0, 0.05) is 26.7 Å². The third kappa shape index (κ3) is 4.41. The highest BCUT2D eigenvalue weighted by Crippen LogP contribution is 2.11. The van der Waals surface area contributed by atoms with E-state index in [0.29, 0.717) is 31.2 Å². The van der Waals surface area contributed by atoms with Crippen LogP contribution in [0.5, 0.6) is 0 Å². The molecular weight excluding hydrogens is 208 g/mol. The average Bonchev–Trinajstić information content (AvgIpc) is 2.26. The number of aromatic nitrogens is 2. The summed E-state index contributed by atoms with van der Waals surface area (Å²) in [6.45, 7) is 2.64. The molecule has 1 rings (SSSR count). The summed E-state index contributed by atoms with van der Waals surface area (Å²) in [5, 5.41) is 12.9. The van der Waals surface area contributed by atoms with Crippen molar-refractivity contribution in [2.45, 2.75) is 18.9 Å². The van der Waals surface area contributed by atoms with Crippen molar-refractivity contribution in [1.82, 2.24) is 9.97 Å². The van der Waals surface area contributed by atoms with E-state index in [1.807, 2.05) is 0 Å². The number of nitrogen functional groups attached to an aromatic ring is 1. The third-order valence-corrected chi connectivity index (χ3v) is 2.17. The number of hydrogen-bond donors (Lipinski definition) is 3. The molecule has 90 valence electrons. The van der Waals surface area contributed by atoms with Crippen molar-refractivity contribution in [3.8, 4) is 0 Å². The fraction of sp³-hybridized carbons (Fsp3) is 0.600. The first-order valence-corrected chi connectivity index (χ1v) is 5.06. The van der Waals surface area contributed by atoms with Gasteiger partial charge < -0.3 is 20.9 Å². The molecule has 1 aromatic rings. The van der Waals surface area contributed by atoms with Crippen LogP contribution in [0.3, 0.4) is 0 Å². The summed E-state index contributed by atoms with van der Waals surface area (Å²) in [7, 11) is 1.61. The maximum atomic E-state index is 9.95. The number of hydrogen-bond acceptors (Lipinski definition) is 6. The molecule has 0 aromatic carbocycles. The quantitative estimate of drug-likeness (QED) is 0.644. The van der Waals surface area contributed by atoms with Crippen LogP contribution in [0.15, 0.2) is 12.4 Å². The minimum absolute atomic E-state index is 0.372. The molecule has 16 heavy (non-hydrogen) atoms. The van der Waals surface area contributed by atoms with Crippen LogP contribution in [0, 0.1) is 0 Å². The zero-order valence-electron chi connectivity index (χ0n) is 9.60. The van der Waals surface area contributed by atoms with Gasteiger partial charge in [-0.1, -0.05) is 0 Å². The average molecular weight is 226 g/mol. The number of aliphatic hydroxyl groups is 1. The highest BCUT2D eigenvalue weighted by atomic mass is 16.5. The molecule has 4 N–H and O–H groups in total. The van der Waals surface area contributed by atoms with Crippen LogP contribution in [0.2, 0.25) is 0 Å². The van der Waals surface area contributed by atoms with Gasteiger partial charge in [-0.05, 0) is 6.92 Å². The highest BCUT2D eigenvalue weighted by Gasteiger charge is 2.19. The smallest absolute Gasteiger partial charge is 0.144 e. The molecule has 0 bridgehead atoms. The summed E-state index contributed by atoms with van der Waals surface area (Å²) in [5.74, 6) is 0.962. The lowest BCUT2D eigenvalue weighted by Crippen LogP contribution is -2.34. The molecule has 6 heteroatoms. The number of methoxy groups -OCH3 is 1. The molecule has 1 heterocycles. The molecule has 0 aliphatic heterocycles. The van der Waals surface area contributed by atoms with Crippen molar-refractivity contribution < 1.29 is 9.84 Å². The molecule has 0 amide bonds. The Morgan fingerprint density at radius 2 is 2.25 bits per heavy atom. The highest BCUT2D eigenvalue weighted by molar-refractivity contribution is 5.36. The van der Waals surface area contributed by atoms with E-state index in [1.165, 1.54) is 12.4 Å². The Hall–Kier alpha value is -1.40. The van der Waals surface area contributed by atoms with Gasteiger partial charge in [0.2, 0.25) is 0 Å². The van der Waals surface area contributed by atoms with Crippen LogP contribution >= 0.6 is 0 Å². The van der Waals surface area contributed by atoms with Crippen LogP contribution in [-0.2, 0) is 4.74 Å². The molecule has 0 spiro atoms. The van der Waals surface area contributed by atoms with Gasteiger partial charge in [-0.3, -0.25) is 0 Å². The zero-order valence-corrected chi connectivity index (χ0v) is 9.60. The lowest BCUT2D eigenvalue weighted by atomic mass is 10.0. The van der Waals surface area contributed by atoms with E-state index in [9.17, 15) is 5.11 Å². The summed E-state index contributed by atoms with van der Waals surface area (Å²) < 4.78 is 4.91. The Bertz CT molecular complexity index is 313. The van der Waals surface area contributed by atoms with Crippen LogP contribution in [0.25, 0.3) is 0 Å². The number of rotatable bonds is 6. The second-order valence-corrected chi connectivity index (χ2v) is 3.92. The second kappa shape index (κ2) is 5.62. The van der Waals surface area contributed by atoms with Gasteiger partial charge in [0.05, 0.1) is 18.0 Å². The topological polar surface area (TPSA) is 93.3 Å². The largest absolute Gasteiger partial charge is 0.388 e. The number of nitrogens with zero attached hydrogens (tertiary/aromatic N) is 2. The Balaban J connectivity index is 2.41. The van der Waals surface area contributed by atoms with Crippen molar-refractivity contribution in [2.75, 3.05) is 31.3 Å². The number of anilines is 2. The Labute approximate surface area is 94.9 Å². The Morgan fingerprint density at radius 3 is 2.81 bits per heavy atom. The van der Waals surface area contributed by atoms with Gasteiger partial charge in [-0.15, -0.1) is 0 Å². The summed E-state index contributed by atoms with van der Waals surface area (Å²) in [6.07, 6.45) is 3.55. The minimum atomic E-state index is -0.834. The van der Waals surface area contributed by atoms with Crippen molar-refractivity contribution in [3.05, 3.63) is 12.4 Å². The molecule has 0 radical (unpaired) electrons. The molecule has 0 aliphatic rings. The standard InChI is InChI=1S/C10H18N4O2/c1-10(15,3-4-16-2)7-14-9-6-12-8(11)5-13-9/h5-6,15H,3-4,7H2,1-2H3,(H2,11,12)(H,13,14). The SMILES string of the molecule is COCCC(C)(O)CNc1cnc(N)cn1. The molecule has 6 nitrogen and oxygen atoms in total. The molecule has 1 atom stereocenters. The number of ether oxygens (including phenoxy) is 1. The third-order valence-electron chi connectivity index (χ3n) is 2.17. The summed E-state index contributed by atoms with van der Waals surface area (Å²) in [5.41, 5.74) is 4.57. The van der Waals surface area contributed by atoms with E-state index < -0.39 is 5.60 Å². The summed E-state index contributed by atoms with van der Waals surface area (Å²) >= 11 is 0. The van der Waals surface area contributed by atoms with Crippen molar-refractivity contribution in [1.29, 1.82) is 0 Å². The predicted molar refractivity (Wildman–Crippen MR) is 62.1 cm³/mol. The van der Waals surface area contributed by atoms with Gasteiger partial charge in [-0.25, -0.2) is 9.97 Å². The molecule has 0 aliphatic carbocycles. The van der Waals surface area contributed by atoms with Gasteiger partial charge in [0.1, 0.15) is 11.6 Å². The fourth-order valence-corrected chi connectivity index (χ4v) is 1.12. The van der Waals surface area contributed by atoms with Crippen LogP contribution in [0.1, 0.15) is 13.3 Å². The monoisotopic (exact) mass is 226 g/mol. The van der Waals surface area contributed by atoms with Gasteiger partial charge in [0.25, 0.3) is 0 Å². The lowest BCUT2D eigenvalue weighted by molar-refractivity contribution is 0.0357. The van der Waals surface area contributed by atoms with E-state index in [4.69, 9.17) is 10.5 Å². The Kier molecular flexibility index (Phi) is 4.45. The van der Waals surface area contributed by atoms with Crippen molar-refractivity contribution >= 4 is 11.6 Å². The molecule has 0 fully saturated rings. The number of nitrogens with two attached hydrogens (primary N) is 1. The molecule has 1 aromatic heterocycles. The van der Waals surface area contributed by atoms with Gasteiger partial charge >= 0.3 is 0 Å². The predicted octanol–water partition coefficient (Wildman–Crippen LogP) is 0.258.